The van der Waals surface area contributed by atoms with Crippen LogP contribution in [0.3, 0.4) is 0 Å². The van der Waals surface area contributed by atoms with E-state index in [-0.39, 0.29) is 24.0 Å². The molecular formula is C20H27N3O2. The van der Waals surface area contributed by atoms with Crippen molar-refractivity contribution in [3.05, 3.63) is 23.9 Å². The Balaban J connectivity index is 1.38. The Morgan fingerprint density at radius 1 is 1.20 bits per heavy atom. The summed E-state index contributed by atoms with van der Waals surface area (Å²) < 4.78 is 6.31. The number of aryl methyl sites for hydroxylation is 1. The normalized spacial score (nSPS) is 24.5. The number of hydrogen-bond acceptors (Lipinski definition) is 3. The minimum absolute atomic E-state index is 0.172. The Kier molecular flexibility index (Phi) is 4.64. The quantitative estimate of drug-likeness (QED) is 0.887. The van der Waals surface area contributed by atoms with E-state index in [2.05, 4.69) is 22.4 Å². The van der Waals surface area contributed by atoms with Crippen LogP contribution in [0.2, 0.25) is 0 Å². The van der Waals surface area contributed by atoms with E-state index >= 15 is 0 Å². The first-order valence-electron chi connectivity index (χ1n) is 9.60. The van der Waals surface area contributed by atoms with Crippen LogP contribution in [0.4, 0.5) is 0 Å². The van der Waals surface area contributed by atoms with E-state index in [0.717, 1.165) is 60.7 Å². The number of nitrogens with zero attached hydrogens (tertiary/aromatic N) is 1. The van der Waals surface area contributed by atoms with E-state index in [4.69, 9.17) is 4.74 Å². The fourth-order valence-electron chi connectivity index (χ4n) is 4.34. The summed E-state index contributed by atoms with van der Waals surface area (Å²) in [4.78, 5) is 12.4. The molecule has 25 heavy (non-hydrogen) atoms. The van der Waals surface area contributed by atoms with Gasteiger partial charge < -0.3 is 10.1 Å². The van der Waals surface area contributed by atoms with E-state index in [1.165, 1.54) is 12.8 Å². The first-order chi connectivity index (χ1) is 12.2. The highest BCUT2D eigenvalue weighted by atomic mass is 16.5. The second-order valence-electron chi connectivity index (χ2n) is 7.61. The summed E-state index contributed by atoms with van der Waals surface area (Å²) in [5.41, 5.74) is 2.17. The Bertz CT molecular complexity index is 748. The van der Waals surface area contributed by atoms with Crippen molar-refractivity contribution >= 4 is 16.8 Å². The van der Waals surface area contributed by atoms with Crippen molar-refractivity contribution in [1.29, 1.82) is 0 Å². The summed E-state index contributed by atoms with van der Waals surface area (Å²) in [6, 6.07) is 4.30. The van der Waals surface area contributed by atoms with Gasteiger partial charge in [-0.25, -0.2) is 0 Å². The highest BCUT2D eigenvalue weighted by Gasteiger charge is 2.28. The lowest BCUT2D eigenvalue weighted by atomic mass is 9.92. The molecule has 2 saturated carbocycles. The first-order valence-corrected chi connectivity index (χ1v) is 9.60. The summed E-state index contributed by atoms with van der Waals surface area (Å²) in [5, 5.41) is 11.5. The summed E-state index contributed by atoms with van der Waals surface area (Å²) in [6.07, 6.45) is 10.7. The molecule has 0 aliphatic heterocycles. The molecule has 2 aromatic rings. The van der Waals surface area contributed by atoms with Crippen molar-refractivity contribution in [1.82, 2.24) is 15.5 Å². The molecule has 1 aromatic heterocycles. The second-order valence-corrected chi connectivity index (χ2v) is 7.61. The molecule has 4 rings (SSSR count). The number of rotatable bonds is 4. The Morgan fingerprint density at radius 2 is 2.04 bits per heavy atom. The van der Waals surface area contributed by atoms with E-state index in [9.17, 15) is 4.79 Å². The van der Waals surface area contributed by atoms with Crippen LogP contribution in [0.15, 0.2) is 18.3 Å². The highest BCUT2D eigenvalue weighted by molar-refractivity contribution is 5.83. The van der Waals surface area contributed by atoms with Crippen LogP contribution in [0.5, 0.6) is 5.75 Å². The lowest BCUT2D eigenvalue weighted by molar-refractivity contribution is -0.125. The average Bonchev–Trinajstić information content (AvgIpc) is 3.29. The van der Waals surface area contributed by atoms with Crippen molar-refractivity contribution in [3.8, 4) is 5.75 Å². The lowest BCUT2D eigenvalue weighted by Crippen LogP contribution is -2.43. The maximum atomic E-state index is 12.4. The van der Waals surface area contributed by atoms with E-state index < -0.39 is 0 Å². The molecule has 1 aromatic carbocycles. The number of carbonyl (C=O) groups excluding carboxylic acids is 1. The van der Waals surface area contributed by atoms with Gasteiger partial charge in [-0.3, -0.25) is 9.89 Å². The summed E-state index contributed by atoms with van der Waals surface area (Å²) in [6.45, 7) is 2.08. The maximum absolute atomic E-state index is 12.4. The van der Waals surface area contributed by atoms with Gasteiger partial charge in [0.05, 0.1) is 11.7 Å². The molecule has 1 heterocycles. The summed E-state index contributed by atoms with van der Waals surface area (Å²) in [7, 11) is 0. The van der Waals surface area contributed by atoms with Crippen molar-refractivity contribution in [2.24, 2.45) is 5.92 Å². The number of aromatic nitrogens is 2. The van der Waals surface area contributed by atoms with Gasteiger partial charge in [0.1, 0.15) is 11.9 Å². The summed E-state index contributed by atoms with van der Waals surface area (Å²) >= 11 is 0. The fraction of sp³-hybridized carbons (Fsp3) is 0.600. The van der Waals surface area contributed by atoms with Gasteiger partial charge in [-0.1, -0.05) is 12.8 Å². The predicted octanol–water partition coefficient (Wildman–Crippen LogP) is 3.87. The molecule has 0 radical (unpaired) electrons. The van der Waals surface area contributed by atoms with Gasteiger partial charge in [0.25, 0.3) is 0 Å². The van der Waals surface area contributed by atoms with Crippen LogP contribution in [0.25, 0.3) is 10.9 Å². The van der Waals surface area contributed by atoms with E-state index in [1.54, 1.807) is 0 Å². The van der Waals surface area contributed by atoms with Crippen LogP contribution in [-0.2, 0) is 4.79 Å². The van der Waals surface area contributed by atoms with E-state index in [0.29, 0.717) is 0 Å². The largest absolute Gasteiger partial charge is 0.490 e. The van der Waals surface area contributed by atoms with Gasteiger partial charge in [0, 0.05) is 29.3 Å². The van der Waals surface area contributed by atoms with Gasteiger partial charge in [0.15, 0.2) is 0 Å². The molecule has 1 amide bonds. The number of amides is 1. The van der Waals surface area contributed by atoms with Crippen molar-refractivity contribution in [2.75, 3.05) is 0 Å². The third kappa shape index (κ3) is 3.51. The minimum atomic E-state index is 0.172. The number of fused-ring (bicyclic) bond motifs is 1. The zero-order chi connectivity index (χ0) is 17.2. The smallest absolute Gasteiger partial charge is 0.223 e. The first kappa shape index (κ1) is 16.4. The molecule has 134 valence electrons. The van der Waals surface area contributed by atoms with Crippen molar-refractivity contribution in [3.63, 3.8) is 0 Å². The minimum Gasteiger partial charge on any atom is -0.490 e. The monoisotopic (exact) mass is 341 g/mol. The highest BCUT2D eigenvalue weighted by Crippen LogP contribution is 2.30. The molecule has 0 spiro atoms. The lowest BCUT2D eigenvalue weighted by Gasteiger charge is -2.31. The van der Waals surface area contributed by atoms with Crippen LogP contribution >= 0.6 is 0 Å². The van der Waals surface area contributed by atoms with Gasteiger partial charge in [-0.2, -0.15) is 5.10 Å². The number of hydrogen-bond donors (Lipinski definition) is 2. The van der Waals surface area contributed by atoms with Crippen LogP contribution in [0, 0.1) is 12.8 Å². The standard InChI is InChI=1S/C20H27N3O2/c1-13-17-12-21-23-18(17)9-10-19(13)25-16-8-4-7-15(11-16)22-20(24)14-5-2-3-6-14/h9-10,12,14-16H,2-8,11H2,1H3,(H,21,23)(H,22,24)/t15-,16+/m1/s1. The van der Waals surface area contributed by atoms with Crippen molar-refractivity contribution < 1.29 is 9.53 Å². The van der Waals surface area contributed by atoms with Crippen LogP contribution in [-0.4, -0.2) is 28.3 Å². The Morgan fingerprint density at radius 3 is 2.88 bits per heavy atom. The number of carbonyl (C=O) groups is 1. The Labute approximate surface area is 148 Å². The van der Waals surface area contributed by atoms with Crippen LogP contribution in [0.1, 0.15) is 56.9 Å². The Hall–Kier alpha value is -2.04. The van der Waals surface area contributed by atoms with Gasteiger partial charge >= 0.3 is 0 Å². The molecule has 2 N–H and O–H groups in total. The number of H-pyrrole nitrogens is 1. The maximum Gasteiger partial charge on any atom is 0.223 e. The molecule has 0 bridgehead atoms. The molecule has 0 saturated heterocycles. The third-order valence-corrected chi connectivity index (χ3v) is 5.84. The number of nitrogens with one attached hydrogen (secondary N) is 2. The predicted molar refractivity (Wildman–Crippen MR) is 97.6 cm³/mol. The van der Waals surface area contributed by atoms with Crippen LogP contribution < -0.4 is 10.1 Å². The number of aromatic amines is 1. The van der Waals surface area contributed by atoms with Crippen molar-refractivity contribution in [2.45, 2.75) is 70.4 Å². The molecule has 5 nitrogen and oxygen atoms in total. The van der Waals surface area contributed by atoms with E-state index in [1.807, 2.05) is 18.3 Å². The second kappa shape index (κ2) is 7.06. The third-order valence-electron chi connectivity index (χ3n) is 5.84. The SMILES string of the molecule is Cc1c(O[C@H]2CCC[C@@H](NC(=O)C3CCCC3)C2)ccc2[nH]ncc12. The topological polar surface area (TPSA) is 67.0 Å². The molecule has 0 unspecified atom stereocenters. The zero-order valence-electron chi connectivity index (χ0n) is 14.9. The van der Waals surface area contributed by atoms with Gasteiger partial charge in [-0.15, -0.1) is 0 Å². The van der Waals surface area contributed by atoms with Gasteiger partial charge in [0.2, 0.25) is 5.91 Å². The summed E-state index contributed by atoms with van der Waals surface area (Å²) in [5.74, 6) is 1.44. The molecule has 2 fully saturated rings. The number of benzene rings is 1. The average molecular weight is 341 g/mol. The number of ether oxygens (including phenoxy) is 1. The molecule has 2 aliphatic rings. The van der Waals surface area contributed by atoms with Gasteiger partial charge in [-0.05, 0) is 51.2 Å². The molecule has 5 heteroatoms. The fourth-order valence-corrected chi connectivity index (χ4v) is 4.34. The zero-order valence-corrected chi connectivity index (χ0v) is 14.9. The molecular weight excluding hydrogens is 314 g/mol. The molecule has 2 aliphatic carbocycles. The molecule has 2 atom stereocenters.